The van der Waals surface area contributed by atoms with Crippen molar-refractivity contribution in [2.75, 3.05) is 18.5 Å². The van der Waals surface area contributed by atoms with E-state index in [-0.39, 0.29) is 4.90 Å². The van der Waals surface area contributed by atoms with Gasteiger partial charge in [-0.05, 0) is 37.3 Å². The lowest BCUT2D eigenvalue weighted by Crippen LogP contribution is -2.27. The minimum Gasteiger partial charge on any atom is -0.398 e. The molecule has 1 aromatic carbocycles. The van der Waals surface area contributed by atoms with E-state index in [1.807, 2.05) is 6.26 Å². The standard InChI is InChI=1S/C12H19BrN2O2S2/c1-8(18-3)4-5-15-19(16,17)12-7-10(13)6-11(14)9(12)2/h6-8,15H,4-5,14H2,1-3H3. The minimum absolute atomic E-state index is 0.233. The van der Waals surface area contributed by atoms with Gasteiger partial charge in [0.2, 0.25) is 10.0 Å². The van der Waals surface area contributed by atoms with Crippen LogP contribution in [0.5, 0.6) is 0 Å². The number of nitrogen functional groups attached to an aromatic ring is 1. The van der Waals surface area contributed by atoms with Crippen molar-refractivity contribution in [3.8, 4) is 0 Å². The van der Waals surface area contributed by atoms with Crippen LogP contribution in [0.2, 0.25) is 0 Å². The molecule has 0 heterocycles. The maximum Gasteiger partial charge on any atom is 0.240 e. The number of halogens is 1. The van der Waals surface area contributed by atoms with Gasteiger partial charge in [0.25, 0.3) is 0 Å². The average Bonchev–Trinajstić information content (AvgIpc) is 2.33. The highest BCUT2D eigenvalue weighted by atomic mass is 79.9. The molecule has 1 rings (SSSR count). The fourth-order valence-electron chi connectivity index (χ4n) is 1.55. The Morgan fingerprint density at radius 1 is 1.47 bits per heavy atom. The monoisotopic (exact) mass is 366 g/mol. The van der Waals surface area contributed by atoms with Crippen LogP contribution < -0.4 is 10.5 Å². The molecule has 0 bridgehead atoms. The van der Waals surface area contributed by atoms with E-state index in [1.165, 1.54) is 0 Å². The fraction of sp³-hybridized carbons (Fsp3) is 0.500. The van der Waals surface area contributed by atoms with Crippen molar-refractivity contribution in [2.24, 2.45) is 0 Å². The van der Waals surface area contributed by atoms with E-state index in [0.29, 0.717) is 27.5 Å². The number of nitrogens with two attached hydrogens (primary N) is 1. The first-order valence-electron chi connectivity index (χ1n) is 5.86. The van der Waals surface area contributed by atoms with Gasteiger partial charge in [-0.15, -0.1) is 0 Å². The third kappa shape index (κ3) is 4.66. The van der Waals surface area contributed by atoms with E-state index in [4.69, 9.17) is 5.73 Å². The number of sulfonamides is 1. The van der Waals surface area contributed by atoms with E-state index >= 15 is 0 Å². The maximum atomic E-state index is 12.2. The zero-order chi connectivity index (χ0) is 14.6. The highest BCUT2D eigenvalue weighted by molar-refractivity contribution is 9.10. The lowest BCUT2D eigenvalue weighted by atomic mass is 10.2. The Kier molecular flexibility index (Phi) is 6.16. The quantitative estimate of drug-likeness (QED) is 0.759. The normalized spacial score (nSPS) is 13.5. The molecule has 7 heteroatoms. The van der Waals surface area contributed by atoms with Gasteiger partial charge in [0.1, 0.15) is 0 Å². The molecule has 0 radical (unpaired) electrons. The molecule has 0 aliphatic rings. The Balaban J connectivity index is 2.89. The van der Waals surface area contributed by atoms with Gasteiger partial charge in [0, 0.05) is 22.0 Å². The summed E-state index contributed by atoms with van der Waals surface area (Å²) < 4.78 is 27.7. The number of benzene rings is 1. The van der Waals surface area contributed by atoms with E-state index < -0.39 is 10.0 Å². The van der Waals surface area contributed by atoms with Crippen LogP contribution in [0.1, 0.15) is 18.9 Å². The van der Waals surface area contributed by atoms with E-state index in [2.05, 4.69) is 27.6 Å². The smallest absolute Gasteiger partial charge is 0.240 e. The first kappa shape index (κ1) is 16.8. The number of thioether (sulfide) groups is 1. The molecule has 19 heavy (non-hydrogen) atoms. The van der Waals surface area contributed by atoms with Gasteiger partial charge < -0.3 is 5.73 Å². The molecule has 108 valence electrons. The highest BCUT2D eigenvalue weighted by Gasteiger charge is 2.18. The predicted octanol–water partition coefficient (Wildman–Crippen LogP) is 2.76. The van der Waals surface area contributed by atoms with Crippen molar-refractivity contribution in [2.45, 2.75) is 30.4 Å². The first-order valence-corrected chi connectivity index (χ1v) is 9.42. The lowest BCUT2D eigenvalue weighted by molar-refractivity contribution is 0.578. The summed E-state index contributed by atoms with van der Waals surface area (Å²) in [4.78, 5) is 0.233. The Morgan fingerprint density at radius 2 is 2.11 bits per heavy atom. The molecular formula is C12H19BrN2O2S2. The van der Waals surface area contributed by atoms with Gasteiger partial charge in [0.15, 0.2) is 0 Å². The van der Waals surface area contributed by atoms with Crippen molar-refractivity contribution in [1.82, 2.24) is 4.72 Å². The molecule has 0 spiro atoms. The number of hydrogen-bond acceptors (Lipinski definition) is 4. The number of hydrogen-bond donors (Lipinski definition) is 2. The molecule has 1 atom stereocenters. The van der Waals surface area contributed by atoms with Gasteiger partial charge in [0.05, 0.1) is 4.90 Å². The topological polar surface area (TPSA) is 72.2 Å². The first-order chi connectivity index (χ1) is 8.77. The van der Waals surface area contributed by atoms with E-state index in [9.17, 15) is 8.42 Å². The molecule has 0 fully saturated rings. The summed E-state index contributed by atoms with van der Waals surface area (Å²) in [6.07, 6.45) is 2.81. The van der Waals surface area contributed by atoms with E-state index in [1.54, 1.807) is 30.8 Å². The summed E-state index contributed by atoms with van der Waals surface area (Å²) in [6.45, 7) is 4.21. The van der Waals surface area contributed by atoms with Gasteiger partial charge in [-0.1, -0.05) is 22.9 Å². The summed E-state index contributed by atoms with van der Waals surface area (Å²) in [5.41, 5.74) is 6.83. The Labute approximate surface area is 127 Å². The molecule has 0 saturated heterocycles. The van der Waals surface area contributed by atoms with E-state index in [0.717, 1.165) is 6.42 Å². The van der Waals surface area contributed by atoms with Crippen LogP contribution in [0.3, 0.4) is 0 Å². The Hall–Kier alpha value is -0.240. The molecule has 0 aliphatic heterocycles. The third-order valence-electron chi connectivity index (χ3n) is 2.90. The molecule has 3 N–H and O–H groups in total. The second kappa shape index (κ2) is 6.97. The van der Waals surface area contributed by atoms with Gasteiger partial charge in [-0.25, -0.2) is 13.1 Å². The summed E-state index contributed by atoms with van der Waals surface area (Å²) in [6, 6.07) is 3.27. The number of rotatable bonds is 6. The van der Waals surface area contributed by atoms with Crippen molar-refractivity contribution in [1.29, 1.82) is 0 Å². The molecule has 0 aromatic heterocycles. The second-order valence-electron chi connectivity index (χ2n) is 4.35. The lowest BCUT2D eigenvalue weighted by Gasteiger charge is -2.13. The van der Waals surface area contributed by atoms with Gasteiger partial charge in [-0.3, -0.25) is 0 Å². The van der Waals surface area contributed by atoms with Crippen molar-refractivity contribution in [3.63, 3.8) is 0 Å². The largest absolute Gasteiger partial charge is 0.398 e. The van der Waals surface area contributed by atoms with Gasteiger partial charge >= 0.3 is 0 Å². The van der Waals surface area contributed by atoms with Crippen LogP contribution in [-0.4, -0.2) is 26.5 Å². The van der Waals surface area contributed by atoms with Crippen LogP contribution in [0.15, 0.2) is 21.5 Å². The van der Waals surface area contributed by atoms with Crippen molar-refractivity contribution in [3.05, 3.63) is 22.2 Å². The Bertz CT molecular complexity index is 547. The SMILES string of the molecule is CSC(C)CCNS(=O)(=O)c1cc(Br)cc(N)c1C. The third-order valence-corrected chi connectivity index (χ3v) is 5.99. The Morgan fingerprint density at radius 3 is 2.68 bits per heavy atom. The summed E-state index contributed by atoms with van der Waals surface area (Å²) in [7, 11) is -3.51. The average molecular weight is 367 g/mol. The maximum absolute atomic E-state index is 12.2. The van der Waals surface area contributed by atoms with Crippen molar-refractivity contribution < 1.29 is 8.42 Å². The zero-order valence-corrected chi connectivity index (χ0v) is 14.5. The van der Waals surface area contributed by atoms with Crippen LogP contribution in [0, 0.1) is 6.92 Å². The van der Waals surface area contributed by atoms with Crippen LogP contribution in [-0.2, 0) is 10.0 Å². The highest BCUT2D eigenvalue weighted by Crippen LogP contribution is 2.26. The summed E-state index contributed by atoms with van der Waals surface area (Å²) >= 11 is 4.98. The molecule has 1 unspecified atom stereocenters. The van der Waals surface area contributed by atoms with Crippen LogP contribution >= 0.6 is 27.7 Å². The van der Waals surface area contributed by atoms with Crippen molar-refractivity contribution >= 4 is 43.4 Å². The molecular weight excluding hydrogens is 348 g/mol. The molecule has 0 amide bonds. The number of nitrogens with one attached hydrogen (secondary N) is 1. The zero-order valence-electron chi connectivity index (χ0n) is 11.2. The summed E-state index contributed by atoms with van der Waals surface area (Å²) in [5.74, 6) is 0. The summed E-state index contributed by atoms with van der Waals surface area (Å²) in [5, 5.41) is 0.427. The van der Waals surface area contributed by atoms with Crippen LogP contribution in [0.4, 0.5) is 5.69 Å². The predicted molar refractivity (Wildman–Crippen MR) is 86.1 cm³/mol. The molecule has 4 nitrogen and oxygen atoms in total. The molecule has 0 saturated carbocycles. The van der Waals surface area contributed by atoms with Gasteiger partial charge in [-0.2, -0.15) is 11.8 Å². The minimum atomic E-state index is -3.51. The fourth-order valence-corrected chi connectivity index (χ4v) is 3.87. The van der Waals surface area contributed by atoms with Crippen LogP contribution in [0.25, 0.3) is 0 Å². The molecule has 1 aromatic rings. The second-order valence-corrected chi connectivity index (χ2v) is 8.28. The molecule has 0 aliphatic carbocycles. The number of anilines is 1.